The molecule has 5 heterocycles. The minimum absolute atomic E-state index is 0. The fourth-order valence-corrected chi connectivity index (χ4v) is 9.82. The van der Waals surface area contributed by atoms with E-state index in [1.54, 1.807) is 24.3 Å². The van der Waals surface area contributed by atoms with Gasteiger partial charge in [0.15, 0.2) is 12.5 Å². The molecule has 66 heavy (non-hydrogen) atoms. The van der Waals surface area contributed by atoms with Crippen molar-refractivity contribution in [1.29, 1.82) is 0 Å². The first-order valence-corrected chi connectivity index (χ1v) is 26.1. The molecule has 6 unspecified atom stereocenters. The number of nitrogen functional groups attached to an aromatic ring is 2. The summed E-state index contributed by atoms with van der Waals surface area (Å²) in [4.78, 5) is 120. The Bertz CT molecular complexity index is 2470. The fraction of sp³-hybridized carbons (Fsp3) is 0.400. The predicted octanol–water partition coefficient (Wildman–Crippen LogP) is -5.25. The number of phosphoric acid groups is 5. The maximum Gasteiger partial charge on any atom is 0.403 e. The number of aromatic nitrogens is 4. The summed E-state index contributed by atoms with van der Waals surface area (Å²) in [6.45, 7) is -1.05. The second-order valence-corrected chi connectivity index (χ2v) is 20.5. The van der Waals surface area contributed by atoms with Gasteiger partial charge in [0.25, 0.3) is 23.5 Å². The third-order valence-corrected chi connectivity index (χ3v) is 13.6. The zero-order valence-electron chi connectivity index (χ0n) is 32.2. The first-order chi connectivity index (χ1) is 29.8. The molecule has 3 aliphatic rings. The third kappa shape index (κ3) is 21.2. The third-order valence-electron chi connectivity index (χ3n) is 7.24. The Morgan fingerprint density at radius 1 is 0.742 bits per heavy atom. The van der Waals surface area contributed by atoms with Gasteiger partial charge in [-0.15, -0.1) is 0 Å². The number of nitrogens with zero attached hydrogens (tertiary/aromatic N) is 4. The van der Waals surface area contributed by atoms with Crippen molar-refractivity contribution < 1.29 is 162 Å². The van der Waals surface area contributed by atoms with E-state index in [1.165, 1.54) is 24.5 Å². The number of carbonyl (C=O) groups is 1. The topological polar surface area (TPSA) is 540 Å². The van der Waals surface area contributed by atoms with Crippen molar-refractivity contribution >= 4 is 75.7 Å². The molecule has 10 atom stereocenters. The van der Waals surface area contributed by atoms with Crippen LogP contribution in [0.2, 0.25) is 0 Å². The monoisotopic (exact) mass is 1290 g/mol. The smallest absolute Gasteiger partial charge is 0.403 e. The van der Waals surface area contributed by atoms with Crippen molar-refractivity contribution in [1.82, 2.24) is 19.1 Å². The number of carbonyl (C=O) groups excluding carboxylic acids is 1. The zero-order chi connectivity index (χ0) is 49.3. The molecular formula is C25H30AcClN6O27P6-7. The summed E-state index contributed by atoms with van der Waals surface area (Å²) < 4.78 is 87.3. The van der Waals surface area contributed by atoms with Crippen LogP contribution < -0.4 is 61.6 Å². The summed E-state index contributed by atoms with van der Waals surface area (Å²) in [7, 11) is -30.5. The number of ether oxygens (including phenoxy) is 2. The number of para-hydroxylation sites is 1. The second-order valence-electron chi connectivity index (χ2n) is 12.1. The van der Waals surface area contributed by atoms with Gasteiger partial charge in [-0.05, 0) is 35.5 Å². The first kappa shape index (κ1) is 60.6. The van der Waals surface area contributed by atoms with E-state index >= 15 is 0 Å². The number of hydrogen-bond donors (Lipinski definition) is 6. The molecule has 369 valence electrons. The average molecular weight is 1290 g/mol. The van der Waals surface area contributed by atoms with Gasteiger partial charge in [-0.3, -0.25) is 22.8 Å². The Balaban J connectivity index is 0.000000331. The van der Waals surface area contributed by atoms with Crippen LogP contribution in [0.3, 0.4) is 0 Å². The molecule has 2 aromatic heterocycles. The molecule has 1 radical (unpaired) electrons. The van der Waals surface area contributed by atoms with Gasteiger partial charge >= 0.3 is 25.1 Å². The van der Waals surface area contributed by atoms with Gasteiger partial charge in [-0.2, -0.15) is 9.97 Å². The number of fused-ring (bicyclic) bond motifs is 1. The molecule has 1 aromatic carbocycles. The van der Waals surface area contributed by atoms with E-state index in [9.17, 15) is 81.7 Å². The summed E-state index contributed by atoms with van der Waals surface area (Å²) in [5.41, 5.74) is 9.68. The largest absolute Gasteiger partial charge is 0.790 e. The van der Waals surface area contributed by atoms with E-state index < -0.39 is 108 Å². The molecule has 2 fully saturated rings. The van der Waals surface area contributed by atoms with Crippen LogP contribution in [0, 0.1) is 44.1 Å². The van der Waals surface area contributed by atoms with Crippen LogP contribution in [0.25, 0.3) is 0 Å². The summed E-state index contributed by atoms with van der Waals surface area (Å²) in [6, 6.07) is 9.54. The molecule has 6 rings (SSSR count). The number of nitrogens with two attached hydrogens (primary N) is 2. The van der Waals surface area contributed by atoms with Crippen LogP contribution >= 0.6 is 58.1 Å². The van der Waals surface area contributed by atoms with Gasteiger partial charge in [0, 0.05) is 69.3 Å². The van der Waals surface area contributed by atoms with Crippen LogP contribution in [0.4, 0.5) is 11.6 Å². The van der Waals surface area contributed by atoms with Crippen molar-refractivity contribution in [2.24, 2.45) is 0 Å². The molecule has 0 bridgehead atoms. The number of aliphatic hydroxyl groups is 3. The summed E-state index contributed by atoms with van der Waals surface area (Å²) in [5, 5.41) is 28.5. The minimum Gasteiger partial charge on any atom is -0.790 e. The number of halogens is 1. The van der Waals surface area contributed by atoms with Crippen molar-refractivity contribution in [2.75, 3.05) is 24.7 Å². The molecule has 3 aromatic rings. The summed E-state index contributed by atoms with van der Waals surface area (Å²) in [6.07, 6.45) is -3.09. The number of benzene rings is 1. The van der Waals surface area contributed by atoms with Crippen LogP contribution in [0.15, 0.2) is 58.4 Å². The Morgan fingerprint density at radius 3 is 1.64 bits per heavy atom. The molecule has 41 heteroatoms. The van der Waals surface area contributed by atoms with Gasteiger partial charge in [0.05, 0.1) is 41.1 Å². The molecule has 0 aliphatic carbocycles. The molecule has 2 saturated heterocycles. The number of phosphoric ester groups is 1. The standard InChI is InChI=1S/C9H16N3O13P3.C9H13N3O4.C7H4ClO3P.Ac.H4O7P2/c10-7-1-2-12(9(14)11-7)8-6(13)3-5(23-8)4-22-27(18,19)25-28(20,21)24-26(15,16)17;10-7-1-2-12(9(15)11-7)8-6(14)3-5(4-13)16-8;8-12-10-6-4-2-1-3-5(6)7(9)11-12;;1-8(2,3)7-9(4,5)6/h1-2,5-6,8,13H,3-4H2,(H,18,19)(H,20,21)(H2,10,11,14)(H2,15,16,17);1-2,5-6,8,13-14H,3-4H2,(H2,10,11,15);1-4H;;(H2,1,2,3)(H2,4,5,6)/p-7/t5-,6+,8+;5-,6?,8?;;;/m00.../s1. The Morgan fingerprint density at radius 2 is 1.21 bits per heavy atom. The zero-order valence-corrected chi connectivity index (χ0v) is 43.0. The first-order valence-electron chi connectivity index (χ1n) is 16.7. The van der Waals surface area contributed by atoms with Gasteiger partial charge in [-0.1, -0.05) is 12.1 Å². The SMILES string of the molecule is Nc1ccn(C2O[C@H](CO)CC2O)c(=O)n1.Nc1ccn([C@@H]2O[C@H](COP(=O)([O-])OP(=O)([O-])OP(=O)([O-])O)C[C@H]2O)c(=O)n1.O=C1OP(Cl)Oc2ccccc21.O=P([O-])([O-])OP(=O)([O-])[O-].[Ac]. The Hall–Kier alpha value is -1.52. The Kier molecular flexibility index (Phi) is 23.5. The molecule has 8 N–H and O–H groups in total. The second kappa shape index (κ2) is 25.6. The normalized spacial score (nSPS) is 25.1. The molecular weight excluding hydrogens is 1260 g/mol. The van der Waals surface area contributed by atoms with Crippen LogP contribution in [-0.4, -0.2) is 82.9 Å². The van der Waals surface area contributed by atoms with Crippen molar-refractivity contribution in [3.8, 4) is 5.75 Å². The fourth-order valence-electron chi connectivity index (χ4n) is 4.93. The average Bonchev–Trinajstić information content (AvgIpc) is 3.69. The van der Waals surface area contributed by atoms with Crippen LogP contribution in [0.5, 0.6) is 5.75 Å². The molecule has 0 spiro atoms. The number of anilines is 2. The minimum atomic E-state index is -6.01. The maximum absolute atomic E-state index is 11.8. The number of rotatable bonds is 12. The van der Waals surface area contributed by atoms with E-state index in [2.05, 4.69) is 31.9 Å². The van der Waals surface area contributed by atoms with E-state index in [4.69, 9.17) is 46.7 Å². The molecule has 0 amide bonds. The predicted molar refractivity (Wildman–Crippen MR) is 197 cm³/mol. The molecule has 33 nitrogen and oxygen atoms in total. The van der Waals surface area contributed by atoms with Gasteiger partial charge in [0.1, 0.15) is 35.2 Å². The van der Waals surface area contributed by atoms with E-state index in [0.29, 0.717) is 11.3 Å². The maximum atomic E-state index is 11.8. The van der Waals surface area contributed by atoms with Crippen molar-refractivity contribution in [3.05, 3.63) is 75.3 Å². The Labute approximate surface area is 409 Å². The number of hydrogen-bond acceptors (Lipinski definition) is 30. The van der Waals surface area contributed by atoms with Crippen molar-refractivity contribution in [3.63, 3.8) is 0 Å². The quantitative estimate of drug-likeness (QED) is 0.0923. The van der Waals surface area contributed by atoms with E-state index in [0.717, 1.165) is 9.13 Å². The van der Waals surface area contributed by atoms with Crippen LogP contribution in [0.1, 0.15) is 35.7 Å². The van der Waals surface area contributed by atoms with Gasteiger partial charge in [-0.25, -0.2) is 23.0 Å². The van der Waals surface area contributed by atoms with Crippen LogP contribution in [-0.2, 0) is 54.3 Å². The van der Waals surface area contributed by atoms with E-state index in [-0.39, 0.29) is 75.1 Å². The number of aliphatic hydroxyl groups excluding tert-OH is 3. The van der Waals surface area contributed by atoms with Gasteiger partial charge in [0.2, 0.25) is 0 Å². The summed E-state index contributed by atoms with van der Waals surface area (Å²) >= 11 is 5.54. The molecule has 3 aliphatic heterocycles. The van der Waals surface area contributed by atoms with E-state index in [1.807, 2.05) is 0 Å². The van der Waals surface area contributed by atoms with Crippen molar-refractivity contribution in [2.45, 2.75) is 49.7 Å². The molecule has 0 saturated carbocycles. The summed E-state index contributed by atoms with van der Waals surface area (Å²) in [5.74, 6) is 0.119. The van der Waals surface area contributed by atoms with Gasteiger partial charge < -0.3 is 102 Å².